The Hall–Kier alpha value is -1.99. The van der Waals surface area contributed by atoms with Crippen LogP contribution in [0.2, 0.25) is 5.02 Å². The van der Waals surface area contributed by atoms with Crippen molar-refractivity contribution >= 4 is 29.2 Å². The highest BCUT2D eigenvalue weighted by Gasteiger charge is 2.37. The number of piperidine rings is 1. The molecule has 3 N–H and O–H groups in total. The molecule has 1 amide bonds. The minimum atomic E-state index is -0.367. The average molecular weight is 384 g/mol. The van der Waals surface area contributed by atoms with Gasteiger partial charge in [0, 0.05) is 31.5 Å². The van der Waals surface area contributed by atoms with Crippen molar-refractivity contribution in [1.29, 1.82) is 0 Å². The Labute approximate surface area is 158 Å². The first-order valence-electron chi connectivity index (χ1n) is 8.63. The average Bonchev–Trinajstić information content (AvgIpc) is 2.60. The smallest absolute Gasteiger partial charge is 0.304 e. The second-order valence-corrected chi connectivity index (χ2v) is 6.84. The molecule has 1 saturated heterocycles. The van der Waals surface area contributed by atoms with Crippen LogP contribution >= 0.6 is 11.6 Å². The van der Waals surface area contributed by atoms with E-state index in [2.05, 4.69) is 10.2 Å². The van der Waals surface area contributed by atoms with Crippen molar-refractivity contribution in [3.05, 3.63) is 22.7 Å². The van der Waals surface area contributed by atoms with E-state index in [1.165, 1.54) is 26.2 Å². The van der Waals surface area contributed by atoms with Crippen LogP contribution in [0.3, 0.4) is 0 Å². The van der Waals surface area contributed by atoms with Crippen molar-refractivity contribution in [2.45, 2.75) is 39.5 Å². The summed E-state index contributed by atoms with van der Waals surface area (Å²) in [6.45, 7) is 6.87. The van der Waals surface area contributed by atoms with Gasteiger partial charge in [-0.1, -0.05) is 25.4 Å². The topological polar surface area (TPSA) is 93.9 Å². The number of rotatable bonds is 5. The summed E-state index contributed by atoms with van der Waals surface area (Å²) in [5.74, 6) is -0.335. The molecule has 26 heavy (non-hydrogen) atoms. The van der Waals surface area contributed by atoms with Crippen molar-refractivity contribution in [3.8, 4) is 5.75 Å². The molecular formula is C18H26ClN3O4. The molecular weight excluding hydrogens is 358 g/mol. The number of carbonyl (C=O) groups excluding carboxylic acids is 2. The van der Waals surface area contributed by atoms with Gasteiger partial charge >= 0.3 is 5.97 Å². The van der Waals surface area contributed by atoms with Crippen LogP contribution in [0.4, 0.5) is 5.69 Å². The molecule has 0 unspecified atom stereocenters. The summed E-state index contributed by atoms with van der Waals surface area (Å²) >= 11 is 6.05. The number of likely N-dealkylation sites (tertiary alicyclic amines) is 1. The molecule has 1 aliphatic heterocycles. The second-order valence-electron chi connectivity index (χ2n) is 6.43. The molecule has 1 fully saturated rings. The lowest BCUT2D eigenvalue weighted by molar-refractivity contribution is -0.167. The minimum absolute atomic E-state index is 0.0631. The fourth-order valence-electron chi connectivity index (χ4n) is 3.28. The zero-order valence-corrected chi connectivity index (χ0v) is 16.3. The van der Waals surface area contributed by atoms with Crippen molar-refractivity contribution in [3.63, 3.8) is 0 Å². The Balaban J connectivity index is 2.18. The van der Waals surface area contributed by atoms with Crippen LogP contribution in [0.5, 0.6) is 5.75 Å². The normalized spacial score (nSPS) is 23.3. The van der Waals surface area contributed by atoms with Crippen molar-refractivity contribution in [1.82, 2.24) is 10.2 Å². The van der Waals surface area contributed by atoms with Crippen LogP contribution in [-0.2, 0) is 9.53 Å². The van der Waals surface area contributed by atoms with E-state index in [0.717, 1.165) is 19.5 Å². The van der Waals surface area contributed by atoms with Gasteiger partial charge in [-0.25, -0.2) is 0 Å². The first-order valence-corrected chi connectivity index (χ1v) is 9.01. The number of anilines is 1. The molecule has 8 heteroatoms. The number of ether oxygens (including phenoxy) is 2. The predicted octanol–water partition coefficient (Wildman–Crippen LogP) is 2.28. The van der Waals surface area contributed by atoms with Gasteiger partial charge in [-0.3, -0.25) is 14.5 Å². The van der Waals surface area contributed by atoms with Gasteiger partial charge < -0.3 is 20.5 Å². The number of halogens is 1. The lowest BCUT2D eigenvalue weighted by atomic mass is 9.91. The van der Waals surface area contributed by atoms with Crippen molar-refractivity contribution in [2.24, 2.45) is 5.92 Å². The van der Waals surface area contributed by atoms with E-state index in [-0.39, 0.29) is 30.1 Å². The van der Waals surface area contributed by atoms with E-state index >= 15 is 0 Å². The van der Waals surface area contributed by atoms with Crippen LogP contribution < -0.4 is 15.8 Å². The fraction of sp³-hybridized carbons (Fsp3) is 0.556. The number of amides is 1. The number of hydrogen-bond donors (Lipinski definition) is 2. The molecule has 2 rings (SSSR count). The van der Waals surface area contributed by atoms with Gasteiger partial charge in [-0.05, 0) is 19.0 Å². The Morgan fingerprint density at radius 1 is 1.42 bits per heavy atom. The van der Waals surface area contributed by atoms with Crippen LogP contribution in [0, 0.1) is 5.92 Å². The second kappa shape index (κ2) is 8.60. The van der Waals surface area contributed by atoms with Crippen LogP contribution in [0.15, 0.2) is 12.1 Å². The minimum Gasteiger partial charge on any atom is -0.496 e. The van der Waals surface area contributed by atoms with Crippen LogP contribution in [0.1, 0.15) is 37.6 Å². The molecule has 0 aromatic heterocycles. The Morgan fingerprint density at radius 2 is 2.12 bits per heavy atom. The highest BCUT2D eigenvalue weighted by molar-refractivity contribution is 6.33. The Bertz CT molecular complexity index is 683. The number of nitrogens with one attached hydrogen (secondary N) is 1. The SMILES string of the molecule is CCN1CC[C@H](NC(=O)c2cc(Cl)c(N)cc2OC)[C@H](C)[C@H]1OC(C)=O. The summed E-state index contributed by atoms with van der Waals surface area (Å²) in [5, 5.41) is 3.31. The number of hydrogen-bond acceptors (Lipinski definition) is 6. The Morgan fingerprint density at radius 3 is 2.69 bits per heavy atom. The number of nitrogen functional groups attached to an aromatic ring is 1. The lowest BCUT2D eigenvalue weighted by Crippen LogP contribution is -2.56. The third kappa shape index (κ3) is 4.40. The van der Waals surface area contributed by atoms with E-state index < -0.39 is 0 Å². The molecule has 0 bridgehead atoms. The summed E-state index contributed by atoms with van der Waals surface area (Å²) in [6, 6.07) is 2.89. The largest absolute Gasteiger partial charge is 0.496 e. The van der Waals surface area contributed by atoms with Gasteiger partial charge in [0.05, 0.1) is 23.4 Å². The molecule has 1 aromatic carbocycles. The van der Waals surface area contributed by atoms with Gasteiger partial charge in [0.25, 0.3) is 5.91 Å². The number of esters is 1. The highest BCUT2D eigenvalue weighted by Crippen LogP contribution is 2.30. The van der Waals surface area contributed by atoms with Gasteiger partial charge in [0.1, 0.15) is 5.75 Å². The number of nitrogens with two attached hydrogens (primary N) is 1. The molecule has 0 aliphatic carbocycles. The lowest BCUT2D eigenvalue weighted by Gasteiger charge is -2.43. The third-order valence-corrected chi connectivity index (χ3v) is 5.07. The molecule has 144 valence electrons. The number of benzene rings is 1. The molecule has 0 radical (unpaired) electrons. The number of carbonyl (C=O) groups is 2. The first-order chi connectivity index (χ1) is 12.3. The quantitative estimate of drug-likeness (QED) is 0.598. The van der Waals surface area contributed by atoms with Crippen molar-refractivity contribution in [2.75, 3.05) is 25.9 Å². The van der Waals surface area contributed by atoms with Crippen molar-refractivity contribution < 1.29 is 19.1 Å². The summed E-state index contributed by atoms with van der Waals surface area (Å²) in [6.07, 6.45) is 0.386. The zero-order valence-electron chi connectivity index (χ0n) is 15.5. The fourth-order valence-corrected chi connectivity index (χ4v) is 3.45. The maximum atomic E-state index is 12.8. The van der Waals surface area contributed by atoms with E-state index in [4.69, 9.17) is 26.8 Å². The summed E-state index contributed by atoms with van der Waals surface area (Å²) in [5.41, 5.74) is 6.44. The molecule has 0 saturated carbocycles. The molecule has 7 nitrogen and oxygen atoms in total. The van der Waals surface area contributed by atoms with E-state index in [9.17, 15) is 9.59 Å². The molecule has 0 spiro atoms. The molecule has 1 aromatic rings. The highest BCUT2D eigenvalue weighted by atomic mass is 35.5. The van der Waals surface area contributed by atoms with E-state index in [1.807, 2.05) is 13.8 Å². The predicted molar refractivity (Wildman–Crippen MR) is 100 cm³/mol. The van der Waals surface area contributed by atoms with E-state index in [0.29, 0.717) is 22.0 Å². The molecule has 3 atom stereocenters. The standard InChI is InChI=1S/C18H26ClN3O4/c1-5-22-7-6-15(10(2)18(22)26-11(3)23)21-17(24)12-8-13(19)14(20)9-16(12)25-4/h8-10,15,18H,5-7,20H2,1-4H3,(H,21,24)/t10-,15-,18+/m0/s1. The number of nitrogens with zero attached hydrogens (tertiary/aromatic N) is 1. The Kier molecular flexibility index (Phi) is 6.72. The first kappa shape index (κ1) is 20.3. The van der Waals surface area contributed by atoms with Crippen LogP contribution in [-0.4, -0.2) is 49.2 Å². The third-order valence-electron chi connectivity index (χ3n) is 4.74. The van der Waals surface area contributed by atoms with Gasteiger partial charge in [0.15, 0.2) is 6.23 Å². The van der Waals surface area contributed by atoms with Gasteiger partial charge in [-0.15, -0.1) is 0 Å². The summed E-state index contributed by atoms with van der Waals surface area (Å²) in [4.78, 5) is 26.3. The molecule has 1 aliphatic rings. The summed E-state index contributed by atoms with van der Waals surface area (Å²) < 4.78 is 10.7. The maximum absolute atomic E-state index is 12.8. The van der Waals surface area contributed by atoms with Gasteiger partial charge in [0.2, 0.25) is 0 Å². The van der Waals surface area contributed by atoms with Crippen LogP contribution in [0.25, 0.3) is 0 Å². The molecule has 1 heterocycles. The van der Waals surface area contributed by atoms with E-state index in [1.54, 1.807) is 0 Å². The monoisotopic (exact) mass is 383 g/mol. The number of methoxy groups -OCH3 is 1. The summed E-state index contributed by atoms with van der Waals surface area (Å²) in [7, 11) is 1.47. The maximum Gasteiger partial charge on any atom is 0.304 e. The van der Waals surface area contributed by atoms with Gasteiger partial charge in [-0.2, -0.15) is 0 Å². The zero-order chi connectivity index (χ0) is 19.4.